The van der Waals surface area contributed by atoms with Crippen molar-refractivity contribution < 1.29 is 9.53 Å². The maximum atomic E-state index is 12.5. The zero-order valence-corrected chi connectivity index (χ0v) is 14.4. The van der Waals surface area contributed by atoms with E-state index >= 15 is 0 Å². The molecule has 0 saturated carbocycles. The van der Waals surface area contributed by atoms with Gasteiger partial charge in [-0.15, -0.1) is 0 Å². The molecule has 2 aliphatic heterocycles. The highest BCUT2D eigenvalue weighted by Gasteiger charge is 2.31. The maximum absolute atomic E-state index is 12.5. The number of rotatable bonds is 3. The van der Waals surface area contributed by atoms with Gasteiger partial charge in [0.2, 0.25) is 5.91 Å². The summed E-state index contributed by atoms with van der Waals surface area (Å²) < 4.78 is 5.58. The van der Waals surface area contributed by atoms with E-state index in [2.05, 4.69) is 27.1 Å². The van der Waals surface area contributed by atoms with E-state index in [0.717, 1.165) is 59.6 Å². The minimum atomic E-state index is 0.134. The van der Waals surface area contributed by atoms with E-state index in [1.165, 1.54) is 0 Å². The van der Waals surface area contributed by atoms with Gasteiger partial charge in [0, 0.05) is 54.2 Å². The molecule has 6 heteroatoms. The zero-order chi connectivity index (χ0) is 17.5. The van der Waals surface area contributed by atoms with Gasteiger partial charge in [0.05, 0.1) is 24.4 Å². The second-order valence-corrected chi connectivity index (χ2v) is 7.09. The number of carbonyl (C=O) groups is 1. The lowest BCUT2D eigenvalue weighted by Gasteiger charge is -2.27. The molecule has 1 N–H and O–H groups in total. The van der Waals surface area contributed by atoms with Gasteiger partial charge in [0.15, 0.2) is 0 Å². The lowest BCUT2D eigenvalue weighted by atomic mass is 10.0. The number of anilines is 1. The zero-order valence-electron chi connectivity index (χ0n) is 14.4. The van der Waals surface area contributed by atoms with E-state index in [-0.39, 0.29) is 5.91 Å². The SMILES string of the molecule is O=C1Cc2ncc(-c3cnc4[nH]ccc4c3)cc2N1CC1CCCOC1. The van der Waals surface area contributed by atoms with Crippen molar-refractivity contribution in [2.24, 2.45) is 5.92 Å². The number of carbonyl (C=O) groups excluding carboxylic acids is 1. The summed E-state index contributed by atoms with van der Waals surface area (Å²) in [5.74, 6) is 0.537. The van der Waals surface area contributed by atoms with Crippen molar-refractivity contribution in [1.82, 2.24) is 15.0 Å². The molecule has 3 aromatic rings. The van der Waals surface area contributed by atoms with Crippen LogP contribution >= 0.6 is 0 Å². The molecular formula is C20H20N4O2. The molecule has 0 spiro atoms. The third-order valence-corrected chi connectivity index (χ3v) is 5.29. The van der Waals surface area contributed by atoms with Gasteiger partial charge in [-0.05, 0) is 31.0 Å². The number of aromatic amines is 1. The molecule has 1 saturated heterocycles. The topological polar surface area (TPSA) is 71.1 Å². The smallest absolute Gasteiger partial charge is 0.233 e. The lowest BCUT2D eigenvalue weighted by molar-refractivity contribution is -0.117. The standard InChI is InChI=1S/C20H20N4O2/c25-19-8-17-18(24(19)11-13-2-1-5-26-12-13)7-16(9-22-17)15-6-14-3-4-21-20(14)23-10-15/h3-4,6-7,9-10,13H,1-2,5,8,11-12H2,(H,21,23). The number of aromatic nitrogens is 3. The van der Waals surface area contributed by atoms with Crippen LogP contribution in [0.1, 0.15) is 18.5 Å². The van der Waals surface area contributed by atoms with Crippen LogP contribution in [0.3, 0.4) is 0 Å². The van der Waals surface area contributed by atoms with Crippen LogP contribution < -0.4 is 4.90 Å². The fourth-order valence-corrected chi connectivity index (χ4v) is 3.89. The highest BCUT2D eigenvalue weighted by Crippen LogP contribution is 2.33. The van der Waals surface area contributed by atoms with Gasteiger partial charge < -0.3 is 14.6 Å². The van der Waals surface area contributed by atoms with Crippen molar-refractivity contribution in [1.29, 1.82) is 0 Å². The normalized spacial score (nSPS) is 19.9. The van der Waals surface area contributed by atoms with Gasteiger partial charge in [-0.2, -0.15) is 0 Å². The average molecular weight is 348 g/mol. The number of fused-ring (bicyclic) bond motifs is 2. The monoisotopic (exact) mass is 348 g/mol. The van der Waals surface area contributed by atoms with Crippen molar-refractivity contribution in [3.63, 3.8) is 0 Å². The van der Waals surface area contributed by atoms with Crippen molar-refractivity contribution in [3.8, 4) is 11.1 Å². The maximum Gasteiger partial charge on any atom is 0.233 e. The first kappa shape index (κ1) is 15.5. The highest BCUT2D eigenvalue weighted by molar-refractivity contribution is 6.01. The number of nitrogens with zero attached hydrogens (tertiary/aromatic N) is 3. The van der Waals surface area contributed by atoms with E-state index in [0.29, 0.717) is 18.9 Å². The Kier molecular flexibility index (Phi) is 3.71. The molecule has 26 heavy (non-hydrogen) atoms. The molecule has 132 valence electrons. The number of hydrogen-bond acceptors (Lipinski definition) is 4. The molecule has 1 atom stereocenters. The summed E-state index contributed by atoms with van der Waals surface area (Å²) in [6, 6.07) is 6.18. The summed E-state index contributed by atoms with van der Waals surface area (Å²) in [5, 5.41) is 1.07. The number of amides is 1. The van der Waals surface area contributed by atoms with Gasteiger partial charge >= 0.3 is 0 Å². The van der Waals surface area contributed by atoms with Crippen LogP contribution in [0.25, 0.3) is 22.2 Å². The van der Waals surface area contributed by atoms with Gasteiger partial charge in [-0.1, -0.05) is 0 Å². The Bertz CT molecular complexity index is 975. The first-order valence-corrected chi connectivity index (χ1v) is 9.08. The summed E-state index contributed by atoms with van der Waals surface area (Å²) in [4.78, 5) is 26.6. The van der Waals surface area contributed by atoms with Gasteiger partial charge in [-0.25, -0.2) is 4.98 Å². The van der Waals surface area contributed by atoms with Crippen LogP contribution in [0.15, 0.2) is 36.8 Å². The van der Waals surface area contributed by atoms with Crippen LogP contribution in [-0.2, 0) is 16.0 Å². The molecular weight excluding hydrogens is 328 g/mol. The molecule has 6 nitrogen and oxygen atoms in total. The Morgan fingerprint density at radius 1 is 1.23 bits per heavy atom. The Hall–Kier alpha value is -2.73. The minimum Gasteiger partial charge on any atom is -0.381 e. The summed E-state index contributed by atoms with van der Waals surface area (Å²) in [6.07, 6.45) is 8.14. The van der Waals surface area contributed by atoms with Crippen LogP contribution in [-0.4, -0.2) is 40.6 Å². The molecule has 0 bridgehead atoms. The number of hydrogen-bond donors (Lipinski definition) is 1. The molecule has 1 unspecified atom stereocenters. The molecule has 3 aromatic heterocycles. The van der Waals surface area contributed by atoms with Crippen LogP contribution in [0.5, 0.6) is 0 Å². The molecule has 0 aliphatic carbocycles. The van der Waals surface area contributed by atoms with E-state index in [1.807, 2.05) is 29.6 Å². The average Bonchev–Trinajstić information content (AvgIpc) is 3.26. The van der Waals surface area contributed by atoms with Gasteiger partial charge in [0.25, 0.3) is 0 Å². The summed E-state index contributed by atoms with van der Waals surface area (Å²) in [5.41, 5.74) is 4.67. The minimum absolute atomic E-state index is 0.134. The first-order valence-electron chi connectivity index (χ1n) is 9.08. The fraction of sp³-hybridized carbons (Fsp3) is 0.350. The van der Waals surface area contributed by atoms with E-state index < -0.39 is 0 Å². The van der Waals surface area contributed by atoms with E-state index in [9.17, 15) is 4.79 Å². The van der Waals surface area contributed by atoms with Crippen LogP contribution in [0.2, 0.25) is 0 Å². The molecule has 2 aliphatic rings. The first-order chi connectivity index (χ1) is 12.8. The fourth-order valence-electron chi connectivity index (χ4n) is 3.89. The lowest BCUT2D eigenvalue weighted by Crippen LogP contribution is -2.35. The third kappa shape index (κ3) is 2.66. The van der Waals surface area contributed by atoms with Gasteiger partial charge in [0.1, 0.15) is 5.65 Å². The number of ether oxygens (including phenoxy) is 1. The second kappa shape index (κ2) is 6.21. The summed E-state index contributed by atoms with van der Waals surface area (Å²) in [6.45, 7) is 2.29. The van der Waals surface area contributed by atoms with Gasteiger partial charge in [-0.3, -0.25) is 9.78 Å². The molecule has 5 rings (SSSR count). The highest BCUT2D eigenvalue weighted by atomic mass is 16.5. The third-order valence-electron chi connectivity index (χ3n) is 5.29. The number of pyridine rings is 2. The van der Waals surface area contributed by atoms with Crippen molar-refractivity contribution in [2.45, 2.75) is 19.3 Å². The Morgan fingerprint density at radius 2 is 2.12 bits per heavy atom. The Labute approximate surface area is 151 Å². The van der Waals surface area contributed by atoms with Crippen molar-refractivity contribution in [2.75, 3.05) is 24.7 Å². The largest absolute Gasteiger partial charge is 0.381 e. The molecule has 0 aromatic carbocycles. The van der Waals surface area contributed by atoms with Crippen LogP contribution in [0, 0.1) is 5.92 Å². The predicted molar refractivity (Wildman–Crippen MR) is 98.9 cm³/mol. The quantitative estimate of drug-likeness (QED) is 0.790. The predicted octanol–water partition coefficient (Wildman–Crippen LogP) is 2.94. The van der Waals surface area contributed by atoms with Crippen molar-refractivity contribution in [3.05, 3.63) is 42.5 Å². The van der Waals surface area contributed by atoms with Crippen molar-refractivity contribution >= 4 is 22.6 Å². The summed E-state index contributed by atoms with van der Waals surface area (Å²) >= 11 is 0. The van der Waals surface area contributed by atoms with E-state index in [1.54, 1.807) is 0 Å². The molecule has 5 heterocycles. The second-order valence-electron chi connectivity index (χ2n) is 7.09. The molecule has 1 amide bonds. The Balaban J connectivity index is 1.48. The summed E-state index contributed by atoms with van der Waals surface area (Å²) in [7, 11) is 0. The number of nitrogens with one attached hydrogen (secondary N) is 1. The van der Waals surface area contributed by atoms with E-state index in [4.69, 9.17) is 4.74 Å². The molecule has 0 radical (unpaired) electrons. The van der Waals surface area contributed by atoms with Crippen LogP contribution in [0.4, 0.5) is 5.69 Å². The number of H-pyrrole nitrogens is 1. The molecule has 1 fully saturated rings. The Morgan fingerprint density at radius 3 is 3.00 bits per heavy atom.